The van der Waals surface area contributed by atoms with Crippen molar-refractivity contribution in [3.63, 3.8) is 0 Å². The second-order valence-electron chi connectivity index (χ2n) is 7.46. The number of aryl methyl sites for hydroxylation is 1. The number of nitrogens with one attached hydrogen (secondary N) is 2. The van der Waals surface area contributed by atoms with Gasteiger partial charge in [0.2, 0.25) is 5.95 Å². The molecule has 0 bridgehead atoms. The van der Waals surface area contributed by atoms with E-state index in [2.05, 4.69) is 15.1 Å². The topological polar surface area (TPSA) is 66.5 Å². The van der Waals surface area contributed by atoms with E-state index in [1.807, 2.05) is 73.7 Å². The third-order valence-corrected chi connectivity index (χ3v) is 5.85. The van der Waals surface area contributed by atoms with Crippen molar-refractivity contribution in [3.8, 4) is 17.1 Å². The Morgan fingerprint density at radius 1 is 0.903 bits per heavy atom. The number of fused-ring (bicyclic) bond motifs is 1. The molecule has 3 aromatic carbocycles. The van der Waals surface area contributed by atoms with E-state index >= 15 is 0 Å². The molecule has 31 heavy (non-hydrogen) atoms. The summed E-state index contributed by atoms with van der Waals surface area (Å²) in [7, 11) is 0. The fraction of sp³-hybridized carbons (Fsp3) is 0.0833. The first-order chi connectivity index (χ1) is 15.0. The van der Waals surface area contributed by atoms with E-state index < -0.39 is 0 Å². The number of hydrogen-bond acceptors (Lipinski definition) is 2. The molecule has 2 aromatic heterocycles. The van der Waals surface area contributed by atoms with Crippen LogP contribution in [-0.4, -0.2) is 19.7 Å². The van der Waals surface area contributed by atoms with Gasteiger partial charge in [-0.2, -0.15) is 4.68 Å². The van der Waals surface area contributed by atoms with Crippen molar-refractivity contribution in [3.05, 3.63) is 104 Å². The summed E-state index contributed by atoms with van der Waals surface area (Å²) >= 11 is 12.0. The van der Waals surface area contributed by atoms with Crippen molar-refractivity contribution >= 4 is 34.2 Å². The minimum absolute atomic E-state index is 0.121. The van der Waals surface area contributed by atoms with E-state index in [9.17, 15) is 4.79 Å². The van der Waals surface area contributed by atoms with Crippen molar-refractivity contribution in [2.45, 2.75) is 13.3 Å². The first-order valence-corrected chi connectivity index (χ1v) is 10.5. The molecule has 0 amide bonds. The molecule has 154 valence electrons. The van der Waals surface area contributed by atoms with Gasteiger partial charge in [0.15, 0.2) is 0 Å². The van der Waals surface area contributed by atoms with E-state index in [0.29, 0.717) is 28.0 Å². The van der Waals surface area contributed by atoms with Crippen LogP contribution in [0.25, 0.3) is 28.1 Å². The molecular formula is C24H18Cl2N4O. The molecule has 0 aliphatic carbocycles. The molecule has 2 heterocycles. The second kappa shape index (κ2) is 7.76. The zero-order valence-electron chi connectivity index (χ0n) is 16.6. The molecule has 2 N–H and O–H groups in total. The van der Waals surface area contributed by atoms with E-state index in [-0.39, 0.29) is 5.56 Å². The number of aromatic amines is 2. The van der Waals surface area contributed by atoms with Crippen LogP contribution >= 0.6 is 23.2 Å². The Bertz CT molecular complexity index is 1440. The SMILES string of the molecule is Cc1[nH]n(-c2nc3ccc(-c4ccc(Cl)cc4)cc3[nH]2)c(=O)c1Cc1ccc(Cl)cc1. The standard InChI is InChI=1S/C24H18Cl2N4O/c1-14-20(12-15-2-7-18(25)8-3-15)23(31)30(29-14)24-27-21-11-6-17(13-22(21)28-24)16-4-9-19(26)10-5-16/h2-11,13,29H,12H2,1H3,(H,27,28). The smallest absolute Gasteiger partial charge is 0.277 e. The van der Waals surface area contributed by atoms with Crippen molar-refractivity contribution in [2.75, 3.05) is 0 Å². The summed E-state index contributed by atoms with van der Waals surface area (Å²) in [6.07, 6.45) is 0.520. The number of imidazole rings is 1. The van der Waals surface area contributed by atoms with Crippen LogP contribution in [0.2, 0.25) is 10.0 Å². The van der Waals surface area contributed by atoms with Gasteiger partial charge in [-0.15, -0.1) is 0 Å². The molecule has 0 saturated carbocycles. The number of aromatic nitrogens is 4. The lowest BCUT2D eigenvalue weighted by Gasteiger charge is -2.01. The normalized spacial score (nSPS) is 11.3. The minimum atomic E-state index is -0.121. The average molecular weight is 449 g/mol. The summed E-state index contributed by atoms with van der Waals surface area (Å²) in [6, 6.07) is 21.2. The van der Waals surface area contributed by atoms with Crippen LogP contribution in [0.1, 0.15) is 16.8 Å². The zero-order chi connectivity index (χ0) is 21.5. The van der Waals surface area contributed by atoms with Gasteiger partial charge >= 0.3 is 0 Å². The van der Waals surface area contributed by atoms with Gasteiger partial charge in [0.1, 0.15) is 0 Å². The van der Waals surface area contributed by atoms with E-state index in [1.165, 1.54) is 4.68 Å². The number of H-pyrrole nitrogens is 2. The second-order valence-corrected chi connectivity index (χ2v) is 8.33. The molecule has 0 aliphatic rings. The number of benzene rings is 3. The lowest BCUT2D eigenvalue weighted by molar-refractivity contribution is 0.790. The maximum atomic E-state index is 13.1. The fourth-order valence-corrected chi connectivity index (χ4v) is 3.92. The summed E-state index contributed by atoms with van der Waals surface area (Å²) in [5, 5.41) is 4.52. The lowest BCUT2D eigenvalue weighted by atomic mass is 10.1. The molecule has 5 aromatic rings. The van der Waals surface area contributed by atoms with Crippen molar-refractivity contribution in [1.29, 1.82) is 0 Å². The third-order valence-electron chi connectivity index (χ3n) is 5.35. The first kappa shape index (κ1) is 19.7. The Kier molecular flexibility index (Phi) is 4.93. The Morgan fingerprint density at radius 2 is 1.55 bits per heavy atom. The van der Waals surface area contributed by atoms with Crippen LogP contribution in [-0.2, 0) is 6.42 Å². The Morgan fingerprint density at radius 3 is 2.26 bits per heavy atom. The molecule has 7 heteroatoms. The largest absolute Gasteiger partial charge is 0.322 e. The van der Waals surface area contributed by atoms with Crippen LogP contribution in [0.4, 0.5) is 0 Å². The van der Waals surface area contributed by atoms with Gasteiger partial charge in [0.05, 0.1) is 11.0 Å². The van der Waals surface area contributed by atoms with Gasteiger partial charge < -0.3 is 4.98 Å². The highest BCUT2D eigenvalue weighted by molar-refractivity contribution is 6.30. The van der Waals surface area contributed by atoms with Crippen LogP contribution in [0, 0.1) is 6.92 Å². The van der Waals surface area contributed by atoms with Gasteiger partial charge in [-0.05, 0) is 60.0 Å². The van der Waals surface area contributed by atoms with Gasteiger partial charge in [-0.3, -0.25) is 9.89 Å². The van der Waals surface area contributed by atoms with Gasteiger partial charge in [-0.1, -0.05) is 53.5 Å². The summed E-state index contributed by atoms with van der Waals surface area (Å²) in [4.78, 5) is 21.0. The van der Waals surface area contributed by atoms with Gasteiger partial charge in [0.25, 0.3) is 5.56 Å². The molecule has 5 nitrogen and oxygen atoms in total. The minimum Gasteiger partial charge on any atom is -0.322 e. The Labute approximate surface area is 188 Å². The number of rotatable bonds is 4. The average Bonchev–Trinajstić information content (AvgIpc) is 3.31. The quantitative estimate of drug-likeness (QED) is 0.358. The van der Waals surface area contributed by atoms with E-state index in [4.69, 9.17) is 23.2 Å². The molecule has 0 fully saturated rings. The Hall–Kier alpha value is -3.28. The lowest BCUT2D eigenvalue weighted by Crippen LogP contribution is -2.18. The highest BCUT2D eigenvalue weighted by atomic mass is 35.5. The van der Waals surface area contributed by atoms with E-state index in [1.54, 1.807) is 0 Å². The summed E-state index contributed by atoms with van der Waals surface area (Å²) in [5.74, 6) is 0.457. The summed E-state index contributed by atoms with van der Waals surface area (Å²) in [6.45, 7) is 1.89. The zero-order valence-corrected chi connectivity index (χ0v) is 18.1. The fourth-order valence-electron chi connectivity index (χ4n) is 3.67. The van der Waals surface area contributed by atoms with Crippen LogP contribution in [0.15, 0.2) is 71.5 Å². The molecule has 0 aliphatic heterocycles. The highest BCUT2D eigenvalue weighted by Crippen LogP contribution is 2.25. The van der Waals surface area contributed by atoms with Gasteiger partial charge in [0, 0.05) is 27.7 Å². The monoisotopic (exact) mass is 448 g/mol. The highest BCUT2D eigenvalue weighted by Gasteiger charge is 2.16. The number of nitrogens with zero attached hydrogens (tertiary/aromatic N) is 2. The number of hydrogen-bond donors (Lipinski definition) is 2. The predicted molar refractivity (Wildman–Crippen MR) is 125 cm³/mol. The molecule has 0 spiro atoms. The first-order valence-electron chi connectivity index (χ1n) is 9.79. The number of halogens is 2. The molecular weight excluding hydrogens is 431 g/mol. The van der Waals surface area contributed by atoms with Crippen LogP contribution in [0.5, 0.6) is 0 Å². The Balaban J connectivity index is 1.51. The van der Waals surface area contributed by atoms with Crippen molar-refractivity contribution in [2.24, 2.45) is 0 Å². The molecule has 0 saturated heterocycles. The van der Waals surface area contributed by atoms with E-state index in [0.717, 1.165) is 33.4 Å². The molecule has 0 radical (unpaired) electrons. The van der Waals surface area contributed by atoms with Gasteiger partial charge in [-0.25, -0.2) is 4.98 Å². The van der Waals surface area contributed by atoms with Crippen LogP contribution < -0.4 is 5.56 Å². The summed E-state index contributed by atoms with van der Waals surface area (Å²) < 4.78 is 1.46. The molecule has 5 rings (SSSR count). The van der Waals surface area contributed by atoms with Crippen molar-refractivity contribution in [1.82, 2.24) is 19.7 Å². The van der Waals surface area contributed by atoms with Crippen molar-refractivity contribution < 1.29 is 0 Å². The predicted octanol–water partition coefficient (Wildman–Crippen LogP) is 5.91. The maximum absolute atomic E-state index is 13.1. The third kappa shape index (κ3) is 3.78. The maximum Gasteiger partial charge on any atom is 0.277 e. The van der Waals surface area contributed by atoms with Crippen LogP contribution in [0.3, 0.4) is 0 Å². The molecule has 0 atom stereocenters. The molecule has 0 unspecified atom stereocenters. The summed E-state index contributed by atoms with van der Waals surface area (Å²) in [5.41, 5.74) is 6.13.